The van der Waals surface area contributed by atoms with Crippen LogP contribution in [-0.4, -0.2) is 113 Å². The van der Waals surface area contributed by atoms with E-state index in [4.69, 9.17) is 9.47 Å². The van der Waals surface area contributed by atoms with Gasteiger partial charge in [0.1, 0.15) is 12.2 Å². The Morgan fingerprint density at radius 1 is 1.00 bits per heavy atom. The van der Waals surface area contributed by atoms with Crippen molar-refractivity contribution in [3.05, 3.63) is 11.6 Å². The maximum absolute atomic E-state index is 13.5. The first-order chi connectivity index (χ1) is 20.3. The zero-order chi connectivity index (χ0) is 32.6. The van der Waals surface area contributed by atoms with Crippen molar-refractivity contribution in [1.29, 1.82) is 0 Å². The molecule has 0 amide bonds. The Morgan fingerprint density at radius 3 is 2.32 bits per heavy atom. The summed E-state index contributed by atoms with van der Waals surface area (Å²) in [6.07, 6.45) is -2.95. The number of hydrogen-bond donors (Lipinski definition) is 8. The van der Waals surface area contributed by atoms with E-state index < -0.39 is 89.0 Å². The molecule has 14 atom stereocenters. The number of fused-ring (bicyclic) bond motifs is 5. The van der Waals surface area contributed by atoms with E-state index in [1.807, 2.05) is 13.8 Å². The summed E-state index contributed by atoms with van der Waals surface area (Å²) >= 11 is 0. The molecule has 0 aromatic rings. The number of allylic oxidation sites excluding steroid dienone is 1. The summed E-state index contributed by atoms with van der Waals surface area (Å²) in [6.45, 7) is 8.42. The Balaban J connectivity index is 1.45. The molecule has 8 N–H and O–H groups in total. The van der Waals surface area contributed by atoms with Gasteiger partial charge in [-0.15, -0.1) is 0 Å². The van der Waals surface area contributed by atoms with Crippen LogP contribution in [0.25, 0.3) is 0 Å². The monoisotopic (exact) mass is 626 g/mol. The van der Waals surface area contributed by atoms with Crippen LogP contribution in [0, 0.1) is 28.6 Å². The molecule has 4 aliphatic carbocycles. The van der Waals surface area contributed by atoms with E-state index in [0.717, 1.165) is 0 Å². The van der Waals surface area contributed by atoms with Crippen molar-refractivity contribution in [2.24, 2.45) is 28.6 Å². The van der Waals surface area contributed by atoms with Gasteiger partial charge in [0.2, 0.25) is 0 Å². The van der Waals surface area contributed by atoms with Gasteiger partial charge in [-0.3, -0.25) is 4.79 Å². The molecule has 44 heavy (non-hydrogen) atoms. The van der Waals surface area contributed by atoms with E-state index in [1.165, 1.54) is 0 Å². The van der Waals surface area contributed by atoms with Gasteiger partial charge >= 0.3 is 0 Å². The number of rotatable bonds is 8. The Kier molecular flexibility index (Phi) is 9.06. The molecule has 1 unspecified atom stereocenters. The van der Waals surface area contributed by atoms with Crippen LogP contribution in [0.15, 0.2) is 11.6 Å². The fourth-order valence-electron chi connectivity index (χ4n) is 9.85. The summed E-state index contributed by atoms with van der Waals surface area (Å²) < 4.78 is 12.1. The van der Waals surface area contributed by atoms with E-state index in [2.05, 4.69) is 0 Å². The number of ether oxygens (including phenoxy) is 2. The predicted octanol–water partition coefficient (Wildman–Crippen LogP) is 0.707. The first-order valence-corrected chi connectivity index (χ1v) is 16.4. The first kappa shape index (κ1) is 34.3. The molecule has 1 saturated heterocycles. The summed E-state index contributed by atoms with van der Waals surface area (Å²) in [7, 11) is 0. The third-order valence-electron chi connectivity index (χ3n) is 12.5. The second-order valence-electron chi connectivity index (χ2n) is 15.9. The number of carbonyl (C=O) groups excluding carboxylic acids is 1. The Morgan fingerprint density at radius 2 is 1.68 bits per heavy atom. The first-order valence-electron chi connectivity index (χ1n) is 16.4. The van der Waals surface area contributed by atoms with Gasteiger partial charge in [-0.2, -0.15) is 0 Å². The van der Waals surface area contributed by atoms with Crippen molar-refractivity contribution in [3.63, 3.8) is 0 Å². The molecule has 0 bridgehead atoms. The Labute approximate surface area is 259 Å². The molecule has 3 saturated carbocycles. The summed E-state index contributed by atoms with van der Waals surface area (Å²) in [5.74, 6) is -1.22. The van der Waals surface area contributed by atoms with Gasteiger partial charge in [0, 0.05) is 17.8 Å². The maximum atomic E-state index is 13.5. The lowest BCUT2D eigenvalue weighted by atomic mass is 9.45. The minimum atomic E-state index is -1.55. The molecule has 1 heterocycles. The lowest BCUT2D eigenvalue weighted by Crippen LogP contribution is -2.63. The smallest absolute Gasteiger partial charge is 0.161 e. The molecule has 4 fully saturated rings. The van der Waals surface area contributed by atoms with Crippen LogP contribution in [0.1, 0.15) is 92.4 Å². The normalized spacial score (nSPS) is 48.1. The standard InChI is InChI=1S/C33H54O11/c1-29(2,40)9-8-26(44-27-14-22(37)28(39)24(16-34)43-27)32(5,41)25-7-11-33(42)18-12-20(35)19-13-21(36)23(38)15-30(19,3)17(18)6-10-31(25,33)4/h12,17,19,21-28,34,36-42H,6-11,13-16H2,1-5H3/t17-,19-,21+,22+,23-,24+,25-,26?,27-,28-,30+,31+,32+,33+/m0/s1. The van der Waals surface area contributed by atoms with Crippen LogP contribution >= 0.6 is 0 Å². The van der Waals surface area contributed by atoms with Crippen LogP contribution in [0.4, 0.5) is 0 Å². The van der Waals surface area contributed by atoms with E-state index in [-0.39, 0.29) is 43.8 Å². The lowest BCUT2D eigenvalue weighted by molar-refractivity contribution is -0.295. The van der Waals surface area contributed by atoms with Gasteiger partial charge in [-0.05, 0) is 101 Å². The van der Waals surface area contributed by atoms with Gasteiger partial charge in [0.15, 0.2) is 12.1 Å². The SMILES string of the molecule is CC(C)(O)CCC(O[C@H]1C[C@@H](O)[C@H](O)[C@@H](CO)O1)[C@](C)(O)[C@H]1CC[C@@]2(O)C3=CC(=O)[C@@H]4C[C@@H](O)[C@@H](O)C[C@]4(C)[C@H]3CC[C@]12C. The second-order valence-corrected chi connectivity index (χ2v) is 15.9. The van der Waals surface area contributed by atoms with Crippen LogP contribution in [-0.2, 0) is 14.3 Å². The summed E-state index contributed by atoms with van der Waals surface area (Å²) in [5.41, 5.74) is -4.80. The molecule has 11 nitrogen and oxygen atoms in total. The van der Waals surface area contributed by atoms with E-state index in [1.54, 1.807) is 26.8 Å². The minimum Gasteiger partial charge on any atom is -0.394 e. The number of ketones is 1. The molecule has 1 aliphatic heterocycles. The molecular weight excluding hydrogens is 572 g/mol. The largest absolute Gasteiger partial charge is 0.394 e. The fraction of sp³-hybridized carbons (Fsp3) is 0.909. The highest BCUT2D eigenvalue weighted by molar-refractivity contribution is 5.95. The van der Waals surface area contributed by atoms with E-state index in [0.29, 0.717) is 31.3 Å². The van der Waals surface area contributed by atoms with Crippen LogP contribution in [0.2, 0.25) is 0 Å². The van der Waals surface area contributed by atoms with Crippen molar-refractivity contribution in [2.45, 2.75) is 152 Å². The Hall–Kier alpha value is -0.990. The number of carbonyl (C=O) groups is 1. The van der Waals surface area contributed by atoms with E-state index >= 15 is 0 Å². The quantitative estimate of drug-likeness (QED) is 0.189. The van der Waals surface area contributed by atoms with Crippen LogP contribution in [0.5, 0.6) is 0 Å². The summed E-state index contributed by atoms with van der Waals surface area (Å²) in [4.78, 5) is 13.5. The fourth-order valence-corrected chi connectivity index (χ4v) is 9.85. The van der Waals surface area contributed by atoms with Gasteiger partial charge in [0.05, 0.1) is 47.8 Å². The van der Waals surface area contributed by atoms with Gasteiger partial charge in [-0.25, -0.2) is 0 Å². The van der Waals surface area contributed by atoms with Gasteiger partial charge in [0.25, 0.3) is 0 Å². The molecule has 5 rings (SSSR count). The number of aliphatic hydroxyl groups is 8. The topological polar surface area (TPSA) is 197 Å². The summed E-state index contributed by atoms with van der Waals surface area (Å²) in [5, 5.41) is 86.8. The zero-order valence-corrected chi connectivity index (χ0v) is 26.7. The van der Waals surface area contributed by atoms with Gasteiger partial charge in [-0.1, -0.05) is 13.8 Å². The molecule has 252 valence electrons. The molecule has 5 aliphatic rings. The van der Waals surface area contributed by atoms with Gasteiger partial charge < -0.3 is 50.3 Å². The molecule has 11 heteroatoms. The molecule has 0 spiro atoms. The van der Waals surface area contributed by atoms with Crippen LogP contribution in [0.3, 0.4) is 0 Å². The highest BCUT2D eigenvalue weighted by atomic mass is 16.7. The second kappa shape index (κ2) is 11.6. The molecule has 0 radical (unpaired) electrons. The highest BCUT2D eigenvalue weighted by Crippen LogP contribution is 2.68. The third-order valence-corrected chi connectivity index (χ3v) is 12.5. The maximum Gasteiger partial charge on any atom is 0.161 e. The molecule has 0 aromatic carbocycles. The Bertz CT molecular complexity index is 1120. The number of aliphatic hydroxyl groups excluding tert-OH is 5. The van der Waals surface area contributed by atoms with Crippen molar-refractivity contribution in [1.82, 2.24) is 0 Å². The molecule has 0 aromatic heterocycles. The van der Waals surface area contributed by atoms with Crippen molar-refractivity contribution < 1.29 is 55.1 Å². The summed E-state index contributed by atoms with van der Waals surface area (Å²) in [6, 6.07) is 0. The molecular formula is C33H54O11. The number of hydrogen-bond acceptors (Lipinski definition) is 11. The lowest BCUT2D eigenvalue weighted by Gasteiger charge is -2.61. The zero-order valence-electron chi connectivity index (χ0n) is 26.7. The third kappa shape index (κ3) is 5.52. The van der Waals surface area contributed by atoms with E-state index in [9.17, 15) is 45.6 Å². The predicted molar refractivity (Wildman–Crippen MR) is 158 cm³/mol. The van der Waals surface area contributed by atoms with Crippen molar-refractivity contribution in [3.8, 4) is 0 Å². The van der Waals surface area contributed by atoms with Crippen molar-refractivity contribution in [2.75, 3.05) is 6.61 Å². The highest BCUT2D eigenvalue weighted by Gasteiger charge is 2.69. The van der Waals surface area contributed by atoms with Crippen molar-refractivity contribution >= 4 is 5.78 Å². The average molecular weight is 627 g/mol. The average Bonchev–Trinajstić information content (AvgIpc) is 3.21. The minimum absolute atomic E-state index is 0.0738. The van der Waals surface area contributed by atoms with Crippen LogP contribution < -0.4 is 0 Å².